The second-order valence-electron chi connectivity index (χ2n) is 10.7. The van der Waals surface area contributed by atoms with Gasteiger partial charge in [-0.15, -0.1) is 0 Å². The summed E-state index contributed by atoms with van der Waals surface area (Å²) in [6, 6.07) is 31.0. The lowest BCUT2D eigenvalue weighted by Crippen LogP contribution is -1.86. The molecule has 0 amide bonds. The molecule has 1 aromatic heterocycles. The molecular formula is C38H31N. The molecule has 0 saturated heterocycles. The van der Waals surface area contributed by atoms with Crippen LogP contribution in [0.5, 0.6) is 0 Å². The van der Waals surface area contributed by atoms with Crippen LogP contribution in [0.4, 0.5) is 0 Å². The first kappa shape index (κ1) is 23.5. The maximum atomic E-state index is 4.38. The Labute approximate surface area is 229 Å². The van der Waals surface area contributed by atoms with Gasteiger partial charge in [0.15, 0.2) is 0 Å². The highest BCUT2D eigenvalue weighted by molar-refractivity contribution is 6.25. The topological polar surface area (TPSA) is 15.8 Å². The van der Waals surface area contributed by atoms with Crippen LogP contribution in [0.25, 0.3) is 60.4 Å². The average Bonchev–Trinajstić information content (AvgIpc) is 3.16. The Balaban J connectivity index is 1.21. The number of rotatable bonds is 4. The molecule has 0 spiro atoms. The molecule has 1 heteroatoms. The number of aryl methyl sites for hydroxylation is 1. The van der Waals surface area contributed by atoms with Gasteiger partial charge in [0.1, 0.15) is 0 Å². The van der Waals surface area contributed by atoms with Gasteiger partial charge in [0.2, 0.25) is 0 Å². The van der Waals surface area contributed by atoms with E-state index in [0.717, 1.165) is 24.0 Å². The summed E-state index contributed by atoms with van der Waals surface area (Å²) in [5.41, 5.74) is 8.55. The van der Waals surface area contributed by atoms with Crippen molar-refractivity contribution in [3.8, 4) is 0 Å². The maximum Gasteiger partial charge on any atom is 0.0462 e. The van der Waals surface area contributed by atoms with E-state index in [-0.39, 0.29) is 0 Å². The monoisotopic (exact) mass is 501 g/mol. The molecule has 1 aliphatic rings. The van der Waals surface area contributed by atoms with E-state index in [1.807, 2.05) is 0 Å². The van der Waals surface area contributed by atoms with Crippen LogP contribution in [0, 0.1) is 0 Å². The van der Waals surface area contributed by atoms with E-state index in [4.69, 9.17) is 0 Å². The second-order valence-corrected chi connectivity index (χ2v) is 10.7. The molecule has 0 unspecified atom stereocenters. The molecule has 6 aromatic rings. The van der Waals surface area contributed by atoms with Gasteiger partial charge in [-0.2, -0.15) is 0 Å². The van der Waals surface area contributed by atoms with Crippen LogP contribution < -0.4 is 0 Å². The summed E-state index contributed by atoms with van der Waals surface area (Å²) >= 11 is 0. The summed E-state index contributed by atoms with van der Waals surface area (Å²) < 4.78 is 0. The molecule has 1 aliphatic carbocycles. The SMILES string of the molecule is C=C(/C=C\C=C(/C)c1ccc2c3ccccc3c3ccccc3c2c1)c1ccc2[nH]c3c(c2c1)C=CCCC3. The summed E-state index contributed by atoms with van der Waals surface area (Å²) in [4.78, 5) is 3.62. The zero-order chi connectivity index (χ0) is 26.3. The summed E-state index contributed by atoms with van der Waals surface area (Å²) in [5, 5.41) is 9.13. The van der Waals surface area contributed by atoms with E-state index in [1.54, 1.807) is 0 Å². The number of hydrogen-bond acceptors (Lipinski definition) is 0. The van der Waals surface area contributed by atoms with Gasteiger partial charge in [-0.3, -0.25) is 0 Å². The largest absolute Gasteiger partial charge is 0.358 e. The van der Waals surface area contributed by atoms with Crippen molar-refractivity contribution in [3.63, 3.8) is 0 Å². The highest BCUT2D eigenvalue weighted by Crippen LogP contribution is 2.36. The van der Waals surface area contributed by atoms with E-state index in [1.165, 1.54) is 72.0 Å². The fourth-order valence-electron chi connectivity index (χ4n) is 6.11. The van der Waals surface area contributed by atoms with Gasteiger partial charge in [-0.25, -0.2) is 0 Å². The van der Waals surface area contributed by atoms with Crippen LogP contribution in [-0.4, -0.2) is 4.98 Å². The number of aromatic amines is 1. The van der Waals surface area contributed by atoms with E-state index >= 15 is 0 Å². The Hall–Kier alpha value is -4.62. The van der Waals surface area contributed by atoms with Gasteiger partial charge in [-0.1, -0.05) is 104 Å². The first-order chi connectivity index (χ1) is 19.2. The zero-order valence-corrected chi connectivity index (χ0v) is 22.3. The number of nitrogens with one attached hydrogen (secondary N) is 1. The minimum Gasteiger partial charge on any atom is -0.358 e. The number of aromatic nitrogens is 1. The summed E-state index contributed by atoms with van der Waals surface area (Å²) in [6.07, 6.45) is 14.5. The van der Waals surface area contributed by atoms with E-state index in [9.17, 15) is 0 Å². The zero-order valence-electron chi connectivity index (χ0n) is 22.3. The molecule has 0 atom stereocenters. The van der Waals surface area contributed by atoms with Gasteiger partial charge < -0.3 is 4.98 Å². The molecule has 1 N–H and O–H groups in total. The van der Waals surface area contributed by atoms with Gasteiger partial charge >= 0.3 is 0 Å². The molecule has 188 valence electrons. The Bertz CT molecular complexity index is 1970. The molecule has 0 radical (unpaired) electrons. The fraction of sp³-hybridized carbons (Fsp3) is 0.105. The van der Waals surface area contributed by atoms with Gasteiger partial charge in [0, 0.05) is 22.2 Å². The lowest BCUT2D eigenvalue weighted by atomic mass is 9.92. The van der Waals surface area contributed by atoms with Crippen molar-refractivity contribution >= 4 is 60.4 Å². The van der Waals surface area contributed by atoms with Crippen molar-refractivity contribution in [3.05, 3.63) is 138 Å². The minimum atomic E-state index is 1.02. The van der Waals surface area contributed by atoms with Crippen molar-refractivity contribution < 1.29 is 0 Å². The third kappa shape index (κ3) is 4.11. The van der Waals surface area contributed by atoms with E-state index < -0.39 is 0 Å². The quantitative estimate of drug-likeness (QED) is 0.183. The molecule has 1 heterocycles. The molecule has 0 bridgehead atoms. The predicted molar refractivity (Wildman–Crippen MR) is 171 cm³/mol. The lowest BCUT2D eigenvalue weighted by Gasteiger charge is -2.12. The highest BCUT2D eigenvalue weighted by Gasteiger charge is 2.12. The third-order valence-corrected chi connectivity index (χ3v) is 8.22. The van der Waals surface area contributed by atoms with Crippen molar-refractivity contribution in [1.29, 1.82) is 0 Å². The van der Waals surface area contributed by atoms with Gasteiger partial charge in [0.25, 0.3) is 0 Å². The second kappa shape index (κ2) is 9.60. The maximum absolute atomic E-state index is 4.38. The van der Waals surface area contributed by atoms with Gasteiger partial charge in [0.05, 0.1) is 0 Å². The average molecular weight is 502 g/mol. The number of hydrogen-bond donors (Lipinski definition) is 1. The summed E-state index contributed by atoms with van der Waals surface area (Å²) in [7, 11) is 0. The van der Waals surface area contributed by atoms with Gasteiger partial charge in [-0.05, 0) is 99.0 Å². The van der Waals surface area contributed by atoms with Crippen molar-refractivity contribution in [1.82, 2.24) is 4.98 Å². The smallest absolute Gasteiger partial charge is 0.0462 e. The standard InChI is InChI=1S/C38H31N/c1-25(11-10-12-26(2)28-20-22-38-36(24-28)34-17-4-3-5-18-37(34)39-38)27-19-21-33-31-15-7-6-13-29(31)30-14-8-9-16-32(30)35(33)23-27/h4,6-17,19-24,39H,2-3,5,18H2,1H3/b12-10-,25-11+. The number of H-pyrrole nitrogens is 1. The summed E-state index contributed by atoms with van der Waals surface area (Å²) in [6.45, 7) is 6.56. The Morgan fingerprint density at radius 2 is 1.38 bits per heavy atom. The molecule has 39 heavy (non-hydrogen) atoms. The van der Waals surface area contributed by atoms with Crippen molar-refractivity contribution in [2.24, 2.45) is 0 Å². The predicted octanol–water partition coefficient (Wildman–Crippen LogP) is 10.6. The van der Waals surface area contributed by atoms with Crippen LogP contribution >= 0.6 is 0 Å². The molecule has 0 aliphatic heterocycles. The molecular weight excluding hydrogens is 470 g/mol. The highest BCUT2D eigenvalue weighted by atomic mass is 14.7. The molecule has 1 nitrogen and oxygen atoms in total. The first-order valence-electron chi connectivity index (χ1n) is 13.9. The molecule has 0 fully saturated rings. The van der Waals surface area contributed by atoms with Crippen molar-refractivity contribution in [2.45, 2.75) is 26.2 Å². The number of fused-ring (bicyclic) bond motifs is 9. The van der Waals surface area contributed by atoms with Crippen LogP contribution in [-0.2, 0) is 6.42 Å². The fourth-order valence-corrected chi connectivity index (χ4v) is 6.11. The Kier molecular flexibility index (Phi) is 5.78. The van der Waals surface area contributed by atoms with E-state index in [0.29, 0.717) is 0 Å². The number of allylic oxidation sites excluding steroid dienone is 6. The molecule has 0 saturated carbocycles. The van der Waals surface area contributed by atoms with Crippen LogP contribution in [0.3, 0.4) is 0 Å². The van der Waals surface area contributed by atoms with Crippen LogP contribution in [0.1, 0.15) is 42.1 Å². The Morgan fingerprint density at radius 1 is 0.744 bits per heavy atom. The third-order valence-electron chi connectivity index (χ3n) is 8.22. The minimum absolute atomic E-state index is 1.02. The lowest BCUT2D eigenvalue weighted by molar-refractivity contribution is 0.834. The number of benzene rings is 5. The first-order valence-corrected chi connectivity index (χ1v) is 13.9. The van der Waals surface area contributed by atoms with Crippen LogP contribution in [0.2, 0.25) is 0 Å². The van der Waals surface area contributed by atoms with E-state index in [2.05, 4.69) is 134 Å². The van der Waals surface area contributed by atoms with Crippen molar-refractivity contribution in [2.75, 3.05) is 0 Å². The molecule has 7 rings (SSSR count). The summed E-state index contributed by atoms with van der Waals surface area (Å²) in [5.74, 6) is 0. The Morgan fingerprint density at radius 3 is 2.13 bits per heavy atom. The molecule has 5 aromatic carbocycles. The normalized spacial score (nSPS) is 14.0. The van der Waals surface area contributed by atoms with Crippen LogP contribution in [0.15, 0.2) is 116 Å².